The van der Waals surface area contributed by atoms with Crippen molar-refractivity contribution in [2.45, 2.75) is 56.8 Å². The fourth-order valence-corrected chi connectivity index (χ4v) is 4.38. The Morgan fingerprint density at radius 2 is 2.27 bits per heavy atom. The molecule has 0 saturated heterocycles. The van der Waals surface area contributed by atoms with Gasteiger partial charge < -0.3 is 10.2 Å². The van der Waals surface area contributed by atoms with E-state index in [-0.39, 0.29) is 24.2 Å². The molecule has 0 bridgehead atoms. The summed E-state index contributed by atoms with van der Waals surface area (Å²) in [5, 5.41) is 21.1. The van der Waals surface area contributed by atoms with Gasteiger partial charge in [0.1, 0.15) is 11.4 Å². The SMILES string of the molecule is [2H][C@H]1C[C@@]2(C)[C@@H](CC([2H])([2H])[C@@]2(O)C#C)[C@H]2[C@H]1c1ccc(O)cc1C([2H])([2H])C2([2H])[2H]. The summed E-state index contributed by atoms with van der Waals surface area (Å²) in [6.45, 7) is 1.61. The molecule has 3 aliphatic carbocycles. The fourth-order valence-electron chi connectivity index (χ4n) is 4.38. The zero-order chi connectivity index (χ0) is 21.8. The Kier molecular flexibility index (Phi) is 1.73. The molecule has 2 nitrogen and oxygen atoms in total. The Balaban J connectivity index is 1.99. The van der Waals surface area contributed by atoms with Crippen LogP contribution in [-0.4, -0.2) is 15.8 Å². The summed E-state index contributed by atoms with van der Waals surface area (Å²) in [5.41, 5.74) is -2.95. The Morgan fingerprint density at radius 3 is 3.05 bits per heavy atom. The molecule has 0 radical (unpaired) electrons. The lowest BCUT2D eigenvalue weighted by Crippen LogP contribution is -2.50. The normalized spacial score (nSPS) is 57.8. The van der Waals surface area contributed by atoms with Crippen molar-refractivity contribution < 1.29 is 19.8 Å². The molecule has 0 spiro atoms. The predicted molar refractivity (Wildman–Crippen MR) is 86.5 cm³/mol. The molecule has 2 fully saturated rings. The van der Waals surface area contributed by atoms with Crippen LogP contribution in [0.4, 0.5) is 0 Å². The standard InChI is InChI=1S/C20H24O2/c1-3-20(22)11-9-18-17-6-4-13-12-14(21)5-7-15(13)16(17)8-10-19(18,20)2/h1,5,7,12,16-18,21-22H,4,6,8-11H2,2H3/t16-,17-,18+,19+,20+/m1/s1/i4D2,6D2,8D,11D2/t8-,16+,17+,18-,19-,20-/m0. The number of terminal acetylenes is 1. The van der Waals surface area contributed by atoms with Gasteiger partial charge in [0.15, 0.2) is 0 Å². The van der Waals surface area contributed by atoms with Crippen molar-refractivity contribution in [3.63, 3.8) is 0 Å². The van der Waals surface area contributed by atoms with Crippen molar-refractivity contribution in [1.82, 2.24) is 0 Å². The van der Waals surface area contributed by atoms with Crippen molar-refractivity contribution in [2.75, 3.05) is 0 Å². The van der Waals surface area contributed by atoms with Gasteiger partial charge in [0.05, 0.1) is 0 Å². The van der Waals surface area contributed by atoms with Crippen molar-refractivity contribution in [1.29, 1.82) is 0 Å². The number of fused-ring (bicyclic) bond motifs is 5. The van der Waals surface area contributed by atoms with E-state index >= 15 is 0 Å². The van der Waals surface area contributed by atoms with Crippen LogP contribution < -0.4 is 0 Å². The molecule has 0 unspecified atom stereocenters. The minimum atomic E-state index is -2.47. The molecule has 2 heteroatoms. The summed E-state index contributed by atoms with van der Waals surface area (Å²) in [6, 6.07) is 4.16. The van der Waals surface area contributed by atoms with Crippen LogP contribution in [0.15, 0.2) is 18.2 Å². The molecule has 0 aliphatic heterocycles. The molecule has 116 valence electrons. The van der Waals surface area contributed by atoms with Gasteiger partial charge in [-0.3, -0.25) is 0 Å². The predicted octanol–water partition coefficient (Wildman–Crippen LogP) is 3.61. The van der Waals surface area contributed by atoms with E-state index in [1.807, 2.05) is 0 Å². The summed E-state index contributed by atoms with van der Waals surface area (Å²) in [7, 11) is 0. The topological polar surface area (TPSA) is 40.5 Å². The maximum atomic E-state index is 11.2. The van der Waals surface area contributed by atoms with E-state index in [0.717, 1.165) is 0 Å². The number of phenolic OH excluding ortho intramolecular Hbond substituents is 1. The molecule has 1 aromatic carbocycles. The molecule has 2 saturated carbocycles. The molecular formula is C20H24O2. The molecule has 22 heavy (non-hydrogen) atoms. The van der Waals surface area contributed by atoms with E-state index in [9.17, 15) is 10.2 Å². The molecule has 0 amide bonds. The first-order valence-corrected chi connectivity index (χ1v) is 7.61. The molecule has 3 aliphatic rings. The summed E-state index contributed by atoms with van der Waals surface area (Å²) in [5.74, 6) is -0.465. The van der Waals surface area contributed by atoms with E-state index in [1.165, 1.54) is 18.2 Å². The average Bonchev–Trinajstić information content (AvgIpc) is 2.76. The van der Waals surface area contributed by atoms with E-state index in [0.29, 0.717) is 5.56 Å². The lowest BCUT2D eigenvalue weighted by Gasteiger charge is -2.52. The van der Waals surface area contributed by atoms with Crippen LogP contribution in [0.25, 0.3) is 0 Å². The minimum absolute atomic E-state index is 0.0258. The van der Waals surface area contributed by atoms with Gasteiger partial charge in [0, 0.05) is 15.0 Å². The third kappa shape index (κ3) is 1.66. The number of aromatic hydroxyl groups is 1. The number of benzene rings is 1. The zero-order valence-corrected chi connectivity index (χ0v) is 12.4. The van der Waals surface area contributed by atoms with Gasteiger partial charge in [0.25, 0.3) is 0 Å². The van der Waals surface area contributed by atoms with Crippen molar-refractivity contribution in [2.24, 2.45) is 17.3 Å². The molecule has 0 aromatic heterocycles. The third-order valence-electron chi connectivity index (χ3n) is 5.82. The van der Waals surface area contributed by atoms with Gasteiger partial charge in [-0.2, -0.15) is 0 Å². The van der Waals surface area contributed by atoms with E-state index in [2.05, 4.69) is 5.92 Å². The van der Waals surface area contributed by atoms with Gasteiger partial charge in [0.2, 0.25) is 0 Å². The van der Waals surface area contributed by atoms with E-state index < -0.39 is 54.3 Å². The molecule has 6 atom stereocenters. The smallest absolute Gasteiger partial charge is 0.130 e. The minimum Gasteiger partial charge on any atom is -0.508 e. The molecule has 2 N–H and O–H groups in total. The van der Waals surface area contributed by atoms with Crippen LogP contribution >= 0.6 is 0 Å². The van der Waals surface area contributed by atoms with Gasteiger partial charge >= 0.3 is 0 Å². The summed E-state index contributed by atoms with van der Waals surface area (Å²) in [6.07, 6.45) is -2.60. The second-order valence-electron chi connectivity index (χ2n) is 6.79. The molecule has 4 rings (SSSR count). The Labute approximate surface area is 142 Å². The second-order valence-corrected chi connectivity index (χ2v) is 6.79. The highest BCUT2D eigenvalue weighted by atomic mass is 16.3. The number of aryl methyl sites for hydroxylation is 1. The van der Waals surface area contributed by atoms with Crippen LogP contribution in [0.2, 0.25) is 0 Å². The van der Waals surface area contributed by atoms with Crippen molar-refractivity contribution >= 4 is 0 Å². The maximum absolute atomic E-state index is 11.2. The number of phenols is 1. The van der Waals surface area contributed by atoms with Crippen molar-refractivity contribution in [3.8, 4) is 18.1 Å². The highest BCUT2D eigenvalue weighted by molar-refractivity contribution is 5.40. The first-order chi connectivity index (χ1) is 13.2. The second kappa shape index (κ2) is 4.52. The molecular weight excluding hydrogens is 272 g/mol. The lowest BCUT2D eigenvalue weighted by atomic mass is 9.53. The zero-order valence-electron chi connectivity index (χ0n) is 19.4. The summed E-state index contributed by atoms with van der Waals surface area (Å²) < 4.78 is 60.3. The highest BCUT2D eigenvalue weighted by Crippen LogP contribution is 2.64. The van der Waals surface area contributed by atoms with Crippen LogP contribution in [0.1, 0.15) is 65.5 Å². The fraction of sp³-hybridized carbons (Fsp3) is 0.600. The summed E-state index contributed by atoms with van der Waals surface area (Å²) >= 11 is 0. The first kappa shape index (κ1) is 8.41. The quantitative estimate of drug-likeness (QED) is 0.719. The monoisotopic (exact) mass is 303 g/mol. The Morgan fingerprint density at radius 1 is 1.45 bits per heavy atom. The van der Waals surface area contributed by atoms with Gasteiger partial charge in [-0.25, -0.2) is 0 Å². The van der Waals surface area contributed by atoms with Gasteiger partial charge in [-0.1, -0.05) is 18.9 Å². The average molecular weight is 303 g/mol. The Bertz CT molecular complexity index is 924. The van der Waals surface area contributed by atoms with E-state index in [1.54, 1.807) is 6.92 Å². The number of hydrogen-bond donors (Lipinski definition) is 2. The third-order valence-corrected chi connectivity index (χ3v) is 5.82. The Hall–Kier alpha value is -1.46. The van der Waals surface area contributed by atoms with Gasteiger partial charge in [-0.15, -0.1) is 6.42 Å². The van der Waals surface area contributed by atoms with Crippen LogP contribution in [0.5, 0.6) is 5.75 Å². The van der Waals surface area contributed by atoms with Crippen LogP contribution in [0.3, 0.4) is 0 Å². The van der Waals surface area contributed by atoms with Gasteiger partial charge in [-0.05, 0) is 79.4 Å². The number of aliphatic hydroxyl groups is 1. The molecule has 1 aromatic rings. The first-order valence-electron chi connectivity index (χ1n) is 11.2. The highest BCUT2D eigenvalue weighted by Gasteiger charge is 2.61. The van der Waals surface area contributed by atoms with Crippen molar-refractivity contribution in [3.05, 3.63) is 29.3 Å². The number of rotatable bonds is 0. The van der Waals surface area contributed by atoms with Crippen LogP contribution in [-0.2, 0) is 6.37 Å². The number of hydrogen-bond acceptors (Lipinski definition) is 2. The molecule has 0 heterocycles. The largest absolute Gasteiger partial charge is 0.508 e. The van der Waals surface area contributed by atoms with E-state index in [4.69, 9.17) is 16.0 Å². The maximum Gasteiger partial charge on any atom is 0.130 e. The summed E-state index contributed by atoms with van der Waals surface area (Å²) in [4.78, 5) is 0. The lowest BCUT2D eigenvalue weighted by molar-refractivity contribution is -0.0646. The van der Waals surface area contributed by atoms with Crippen LogP contribution in [0, 0.1) is 29.6 Å².